The van der Waals surface area contributed by atoms with Crippen LogP contribution >= 0.6 is 0 Å². The molecule has 2 aliphatic rings. The van der Waals surface area contributed by atoms with Crippen LogP contribution in [0.1, 0.15) is 48.8 Å². The van der Waals surface area contributed by atoms with Crippen LogP contribution in [0.3, 0.4) is 0 Å². The summed E-state index contributed by atoms with van der Waals surface area (Å²) in [5, 5.41) is 19.3. The number of nitrogens with one attached hydrogen (secondary N) is 1. The fourth-order valence-electron chi connectivity index (χ4n) is 6.09. The van der Waals surface area contributed by atoms with Crippen molar-refractivity contribution >= 4 is 16.9 Å². The monoisotopic (exact) mass is 540 g/mol. The van der Waals surface area contributed by atoms with Gasteiger partial charge in [0.25, 0.3) is 5.56 Å². The van der Waals surface area contributed by atoms with Crippen molar-refractivity contribution in [2.75, 3.05) is 19.6 Å². The molecule has 4 aromatic rings. The van der Waals surface area contributed by atoms with E-state index in [1.54, 1.807) is 4.68 Å². The predicted octanol–water partition coefficient (Wildman–Crippen LogP) is 2.99. The second kappa shape index (κ2) is 10.6. The molecule has 1 unspecified atom stereocenters. The van der Waals surface area contributed by atoms with Crippen LogP contribution in [0.15, 0.2) is 59.7 Å². The van der Waals surface area contributed by atoms with Gasteiger partial charge in [-0.2, -0.15) is 5.10 Å². The lowest BCUT2D eigenvalue weighted by atomic mass is 9.90. The summed E-state index contributed by atoms with van der Waals surface area (Å²) in [7, 11) is 1.83. The Hall–Kier alpha value is -3.82. The fraction of sp³-hybridized carbons (Fsp3) is 0.419. The van der Waals surface area contributed by atoms with Crippen molar-refractivity contribution in [3.05, 3.63) is 81.9 Å². The van der Waals surface area contributed by atoms with E-state index < -0.39 is 5.60 Å². The van der Waals surface area contributed by atoms with Gasteiger partial charge >= 0.3 is 0 Å². The zero-order valence-corrected chi connectivity index (χ0v) is 23.1. The standard InChI is InChI=1S/C31H36N6O3/c1-21(22-6-4-3-5-7-22)16-26(38)36-14-11-31(40,12-15-36)19-37-20-33-27-28(30(37)39)34-35(2)29(27)24-8-9-25-18-32-13-10-23(25)17-24/h3-9,17,20-21,32,40H,10-16,18-19H2,1-2H3. The molecular weight excluding hydrogens is 504 g/mol. The lowest BCUT2D eigenvalue weighted by Crippen LogP contribution is -2.49. The lowest BCUT2D eigenvalue weighted by Gasteiger charge is -2.38. The van der Waals surface area contributed by atoms with Crippen molar-refractivity contribution in [3.63, 3.8) is 0 Å². The smallest absolute Gasteiger partial charge is 0.281 e. The van der Waals surface area contributed by atoms with E-state index in [0.29, 0.717) is 43.4 Å². The molecule has 0 aliphatic carbocycles. The molecule has 0 spiro atoms. The van der Waals surface area contributed by atoms with Crippen molar-refractivity contribution in [2.24, 2.45) is 7.05 Å². The Morgan fingerprint density at radius 3 is 2.65 bits per heavy atom. The lowest BCUT2D eigenvalue weighted by molar-refractivity contribution is -0.136. The van der Waals surface area contributed by atoms with Crippen LogP contribution in [0.25, 0.3) is 22.3 Å². The minimum absolute atomic E-state index is 0.0955. The maximum atomic E-state index is 13.5. The van der Waals surface area contributed by atoms with Crippen LogP contribution in [0.4, 0.5) is 0 Å². The van der Waals surface area contributed by atoms with Gasteiger partial charge in [-0.1, -0.05) is 49.4 Å². The Bertz CT molecular complexity index is 1600. The molecular formula is C31H36N6O3. The molecule has 4 heterocycles. The number of aliphatic hydroxyl groups is 1. The molecule has 1 saturated heterocycles. The molecule has 1 fully saturated rings. The molecule has 40 heavy (non-hydrogen) atoms. The summed E-state index contributed by atoms with van der Waals surface area (Å²) < 4.78 is 3.19. The van der Waals surface area contributed by atoms with E-state index in [0.717, 1.165) is 36.3 Å². The van der Waals surface area contributed by atoms with E-state index in [2.05, 4.69) is 40.5 Å². The molecule has 1 amide bonds. The maximum Gasteiger partial charge on any atom is 0.281 e. The highest BCUT2D eigenvalue weighted by Gasteiger charge is 2.35. The third-order valence-electron chi connectivity index (χ3n) is 8.54. The number of nitrogens with zero attached hydrogens (tertiary/aromatic N) is 5. The zero-order chi connectivity index (χ0) is 27.9. The van der Waals surface area contributed by atoms with Gasteiger partial charge in [-0.15, -0.1) is 0 Å². The molecule has 6 rings (SSSR count). The normalized spacial score (nSPS) is 17.5. The minimum Gasteiger partial charge on any atom is -0.388 e. The number of aryl methyl sites for hydroxylation is 1. The van der Waals surface area contributed by atoms with Gasteiger partial charge in [-0.3, -0.25) is 18.8 Å². The first-order chi connectivity index (χ1) is 19.3. The highest BCUT2D eigenvalue weighted by Crippen LogP contribution is 2.30. The van der Waals surface area contributed by atoms with Crippen LogP contribution in [-0.4, -0.2) is 60.5 Å². The largest absolute Gasteiger partial charge is 0.388 e. The molecule has 2 aliphatic heterocycles. The number of piperidine rings is 1. The van der Waals surface area contributed by atoms with Gasteiger partial charge in [0.2, 0.25) is 5.91 Å². The molecule has 0 radical (unpaired) electrons. The number of hydrogen-bond acceptors (Lipinski definition) is 6. The number of carbonyl (C=O) groups excluding carboxylic acids is 1. The number of carbonyl (C=O) groups is 1. The zero-order valence-electron chi connectivity index (χ0n) is 23.1. The van der Waals surface area contributed by atoms with Gasteiger partial charge in [0, 0.05) is 38.7 Å². The maximum absolute atomic E-state index is 13.5. The third kappa shape index (κ3) is 5.07. The first-order valence-electron chi connectivity index (χ1n) is 14.1. The van der Waals surface area contributed by atoms with Crippen molar-refractivity contribution in [1.29, 1.82) is 0 Å². The van der Waals surface area contributed by atoms with Gasteiger partial charge < -0.3 is 15.3 Å². The summed E-state index contributed by atoms with van der Waals surface area (Å²) in [4.78, 5) is 32.9. The van der Waals surface area contributed by atoms with Gasteiger partial charge in [0.15, 0.2) is 5.52 Å². The number of rotatable bonds is 6. The number of hydrogen-bond donors (Lipinski definition) is 2. The molecule has 2 N–H and O–H groups in total. The Labute approximate surface area is 233 Å². The Balaban J connectivity index is 1.16. The molecule has 208 valence electrons. The summed E-state index contributed by atoms with van der Waals surface area (Å²) >= 11 is 0. The molecule has 2 aromatic heterocycles. The Kier molecular flexibility index (Phi) is 7.02. The van der Waals surface area contributed by atoms with Crippen LogP contribution in [0, 0.1) is 0 Å². The second-order valence-corrected chi connectivity index (χ2v) is 11.4. The highest BCUT2D eigenvalue weighted by atomic mass is 16.3. The van der Waals surface area contributed by atoms with Crippen LogP contribution in [0.5, 0.6) is 0 Å². The van der Waals surface area contributed by atoms with E-state index in [9.17, 15) is 14.7 Å². The Morgan fingerprint density at radius 1 is 1.10 bits per heavy atom. The van der Waals surface area contributed by atoms with E-state index in [4.69, 9.17) is 0 Å². The van der Waals surface area contributed by atoms with E-state index >= 15 is 0 Å². The molecule has 9 nitrogen and oxygen atoms in total. The van der Waals surface area contributed by atoms with Gasteiger partial charge in [-0.05, 0) is 54.5 Å². The SMILES string of the molecule is CC(CC(=O)N1CCC(O)(Cn2cnc3c(-c4ccc5c(c4)CCNC5)n(C)nc3c2=O)CC1)c1ccccc1. The van der Waals surface area contributed by atoms with E-state index in [-0.39, 0.29) is 23.9 Å². The summed E-state index contributed by atoms with van der Waals surface area (Å²) in [6.45, 7) is 4.93. The van der Waals surface area contributed by atoms with Crippen molar-refractivity contribution < 1.29 is 9.90 Å². The van der Waals surface area contributed by atoms with Crippen LogP contribution in [-0.2, 0) is 31.4 Å². The van der Waals surface area contributed by atoms with Gasteiger partial charge in [0.05, 0.1) is 24.2 Å². The van der Waals surface area contributed by atoms with Crippen LogP contribution < -0.4 is 10.9 Å². The number of aromatic nitrogens is 4. The third-order valence-corrected chi connectivity index (χ3v) is 8.54. The highest BCUT2D eigenvalue weighted by molar-refractivity contribution is 5.89. The average molecular weight is 541 g/mol. The predicted molar refractivity (Wildman–Crippen MR) is 154 cm³/mol. The van der Waals surface area contributed by atoms with Crippen molar-refractivity contribution in [2.45, 2.75) is 57.2 Å². The minimum atomic E-state index is -1.09. The van der Waals surface area contributed by atoms with E-state index in [1.807, 2.05) is 42.3 Å². The quantitative estimate of drug-likeness (QED) is 0.390. The van der Waals surface area contributed by atoms with E-state index in [1.165, 1.54) is 22.0 Å². The molecule has 0 bridgehead atoms. The van der Waals surface area contributed by atoms with Crippen molar-refractivity contribution in [1.82, 2.24) is 29.5 Å². The summed E-state index contributed by atoms with van der Waals surface area (Å²) in [6, 6.07) is 16.4. The summed E-state index contributed by atoms with van der Waals surface area (Å²) in [5.74, 6) is 0.227. The van der Waals surface area contributed by atoms with Crippen LogP contribution in [0.2, 0.25) is 0 Å². The summed E-state index contributed by atoms with van der Waals surface area (Å²) in [5.41, 5.74) is 5.06. The van der Waals surface area contributed by atoms with Crippen molar-refractivity contribution in [3.8, 4) is 11.3 Å². The molecule has 1 atom stereocenters. The number of likely N-dealkylation sites (tertiary alicyclic amines) is 1. The second-order valence-electron chi connectivity index (χ2n) is 11.4. The summed E-state index contributed by atoms with van der Waals surface area (Å²) in [6.07, 6.45) is 3.73. The molecule has 0 saturated carbocycles. The first kappa shape index (κ1) is 26.4. The van der Waals surface area contributed by atoms with Gasteiger partial charge in [-0.25, -0.2) is 4.98 Å². The molecule has 2 aromatic carbocycles. The number of amides is 1. The topological polar surface area (TPSA) is 105 Å². The number of benzene rings is 2. The van der Waals surface area contributed by atoms with Gasteiger partial charge in [0.1, 0.15) is 5.52 Å². The Morgan fingerprint density at radius 2 is 1.88 bits per heavy atom. The average Bonchev–Trinajstić information content (AvgIpc) is 3.31. The molecule has 9 heteroatoms. The number of fused-ring (bicyclic) bond motifs is 2. The fourth-order valence-corrected chi connectivity index (χ4v) is 6.09. The first-order valence-corrected chi connectivity index (χ1v) is 14.1.